The van der Waals surface area contributed by atoms with E-state index in [2.05, 4.69) is 24.1 Å². The molecule has 0 spiro atoms. The van der Waals surface area contributed by atoms with Gasteiger partial charge in [-0.15, -0.1) is 0 Å². The Morgan fingerprint density at radius 2 is 2.06 bits per heavy atom. The van der Waals surface area contributed by atoms with Gasteiger partial charge in [0.25, 0.3) is 0 Å². The second-order valence-corrected chi connectivity index (χ2v) is 4.95. The van der Waals surface area contributed by atoms with E-state index in [1.54, 1.807) is 0 Å². The minimum absolute atomic E-state index is 0.149. The van der Waals surface area contributed by atoms with E-state index in [1.165, 1.54) is 5.56 Å². The fourth-order valence-electron chi connectivity index (χ4n) is 2.57. The molecule has 3 rings (SSSR count). The van der Waals surface area contributed by atoms with Gasteiger partial charge in [0.2, 0.25) is 0 Å². The fourth-order valence-corrected chi connectivity index (χ4v) is 2.57. The first-order valence-electron chi connectivity index (χ1n) is 6.56. The normalized spacial score (nSPS) is 30.4. The van der Waals surface area contributed by atoms with Crippen LogP contribution in [0.15, 0.2) is 30.3 Å². The van der Waals surface area contributed by atoms with Crippen molar-refractivity contribution >= 4 is 6.09 Å². The molecule has 2 fully saturated rings. The number of nitrogens with zero attached hydrogens (tertiary/aromatic N) is 2. The summed E-state index contributed by atoms with van der Waals surface area (Å²) in [6, 6.07) is 10.9. The minimum atomic E-state index is -0.188. The van der Waals surface area contributed by atoms with Gasteiger partial charge in [-0.05, 0) is 18.4 Å². The lowest BCUT2D eigenvalue weighted by Gasteiger charge is -2.22. The van der Waals surface area contributed by atoms with Gasteiger partial charge in [-0.25, -0.2) is 14.8 Å². The molecule has 96 valence electrons. The quantitative estimate of drug-likeness (QED) is 0.762. The molecule has 1 amide bonds. The van der Waals surface area contributed by atoms with E-state index >= 15 is 0 Å². The molecular weight excluding hydrogens is 228 g/mol. The monoisotopic (exact) mass is 246 g/mol. The Bertz CT molecular complexity index is 435. The van der Waals surface area contributed by atoms with Crippen LogP contribution in [0, 0.1) is 0 Å². The maximum Gasteiger partial charge on any atom is 0.424 e. The Balaban J connectivity index is 1.70. The van der Waals surface area contributed by atoms with E-state index in [0.29, 0.717) is 12.6 Å². The topological polar surface area (TPSA) is 32.5 Å². The SMILES string of the molecule is CC[C@@H]1CN1N1C(=O)OC[C@@H]1Cc1ccccc1. The fraction of sp³-hybridized carbons (Fsp3) is 0.500. The maximum absolute atomic E-state index is 11.8. The van der Waals surface area contributed by atoms with Gasteiger partial charge in [0.05, 0.1) is 6.04 Å². The highest BCUT2D eigenvalue weighted by Crippen LogP contribution is 2.30. The summed E-state index contributed by atoms with van der Waals surface area (Å²) in [5.74, 6) is 0. The maximum atomic E-state index is 11.8. The third-order valence-electron chi connectivity index (χ3n) is 3.68. The molecule has 18 heavy (non-hydrogen) atoms. The Morgan fingerprint density at radius 1 is 1.28 bits per heavy atom. The number of cyclic esters (lactones) is 1. The molecule has 0 aliphatic carbocycles. The number of hydrazine groups is 1. The number of hydrogen-bond acceptors (Lipinski definition) is 3. The summed E-state index contributed by atoms with van der Waals surface area (Å²) in [5.41, 5.74) is 1.25. The van der Waals surface area contributed by atoms with Crippen LogP contribution in [0.25, 0.3) is 0 Å². The summed E-state index contributed by atoms with van der Waals surface area (Å²) in [6.45, 7) is 3.63. The molecule has 0 bridgehead atoms. The van der Waals surface area contributed by atoms with Crippen molar-refractivity contribution in [2.75, 3.05) is 13.2 Å². The molecule has 1 aromatic rings. The van der Waals surface area contributed by atoms with Crippen molar-refractivity contribution in [2.24, 2.45) is 0 Å². The van der Waals surface area contributed by atoms with E-state index in [1.807, 2.05) is 23.2 Å². The molecule has 4 nitrogen and oxygen atoms in total. The molecule has 0 radical (unpaired) electrons. The zero-order valence-electron chi connectivity index (χ0n) is 10.6. The Labute approximate surface area is 107 Å². The summed E-state index contributed by atoms with van der Waals surface area (Å²) < 4.78 is 5.19. The van der Waals surface area contributed by atoms with E-state index < -0.39 is 0 Å². The van der Waals surface area contributed by atoms with Crippen LogP contribution in [-0.4, -0.2) is 41.3 Å². The first-order valence-corrected chi connectivity index (χ1v) is 6.56. The highest BCUT2D eigenvalue weighted by molar-refractivity contribution is 5.70. The third kappa shape index (κ3) is 2.08. The van der Waals surface area contributed by atoms with Gasteiger partial charge in [0.15, 0.2) is 0 Å². The van der Waals surface area contributed by atoms with Gasteiger partial charge in [-0.1, -0.05) is 37.3 Å². The second-order valence-electron chi connectivity index (χ2n) is 4.95. The van der Waals surface area contributed by atoms with Crippen LogP contribution in [-0.2, 0) is 11.2 Å². The van der Waals surface area contributed by atoms with Crippen molar-refractivity contribution in [3.63, 3.8) is 0 Å². The molecule has 0 saturated carbocycles. The number of hydrogen-bond donors (Lipinski definition) is 0. The van der Waals surface area contributed by atoms with E-state index in [9.17, 15) is 4.79 Å². The lowest BCUT2D eigenvalue weighted by molar-refractivity contribution is 0.0829. The van der Waals surface area contributed by atoms with Crippen LogP contribution < -0.4 is 0 Å². The lowest BCUT2D eigenvalue weighted by Crippen LogP contribution is -2.40. The van der Waals surface area contributed by atoms with Gasteiger partial charge in [-0.3, -0.25) is 0 Å². The second kappa shape index (κ2) is 4.61. The first-order chi connectivity index (χ1) is 8.79. The van der Waals surface area contributed by atoms with Crippen LogP contribution in [0.3, 0.4) is 0 Å². The van der Waals surface area contributed by atoms with Crippen LogP contribution in [0.1, 0.15) is 18.9 Å². The summed E-state index contributed by atoms with van der Waals surface area (Å²) in [4.78, 5) is 11.8. The summed E-state index contributed by atoms with van der Waals surface area (Å²) in [5, 5.41) is 3.95. The largest absolute Gasteiger partial charge is 0.446 e. The summed E-state index contributed by atoms with van der Waals surface area (Å²) in [7, 11) is 0. The van der Waals surface area contributed by atoms with Gasteiger partial charge in [-0.2, -0.15) is 0 Å². The number of benzene rings is 1. The molecular formula is C14H18N2O2. The van der Waals surface area contributed by atoms with E-state index in [0.717, 1.165) is 19.4 Å². The Morgan fingerprint density at radius 3 is 2.72 bits per heavy atom. The van der Waals surface area contributed by atoms with Crippen LogP contribution in [0.4, 0.5) is 4.79 Å². The smallest absolute Gasteiger partial charge is 0.424 e. The molecule has 0 aromatic heterocycles. The van der Waals surface area contributed by atoms with Crippen molar-refractivity contribution in [1.29, 1.82) is 0 Å². The summed E-state index contributed by atoms with van der Waals surface area (Å²) >= 11 is 0. The average Bonchev–Trinajstić information content (AvgIpc) is 3.09. The van der Waals surface area contributed by atoms with Crippen molar-refractivity contribution in [3.05, 3.63) is 35.9 Å². The molecule has 0 N–H and O–H groups in total. The molecule has 2 saturated heterocycles. The van der Waals surface area contributed by atoms with Gasteiger partial charge in [0.1, 0.15) is 6.61 Å². The number of ether oxygens (including phenoxy) is 1. The number of carbonyl (C=O) groups is 1. The molecule has 1 unspecified atom stereocenters. The van der Waals surface area contributed by atoms with E-state index in [4.69, 9.17) is 4.74 Å². The zero-order chi connectivity index (χ0) is 12.5. The molecule has 4 heteroatoms. The predicted molar refractivity (Wildman–Crippen MR) is 67.9 cm³/mol. The van der Waals surface area contributed by atoms with Gasteiger partial charge in [0, 0.05) is 12.6 Å². The van der Waals surface area contributed by atoms with Crippen LogP contribution in [0.5, 0.6) is 0 Å². The first kappa shape index (κ1) is 11.5. The van der Waals surface area contributed by atoms with Crippen LogP contribution >= 0.6 is 0 Å². The number of amides is 1. The predicted octanol–water partition coefficient (Wildman–Crippen LogP) is 2.06. The van der Waals surface area contributed by atoms with Crippen molar-refractivity contribution in [3.8, 4) is 0 Å². The minimum Gasteiger partial charge on any atom is -0.446 e. The Hall–Kier alpha value is -1.55. The zero-order valence-corrected chi connectivity index (χ0v) is 10.6. The van der Waals surface area contributed by atoms with E-state index in [-0.39, 0.29) is 12.1 Å². The summed E-state index contributed by atoms with van der Waals surface area (Å²) in [6.07, 6.45) is 1.76. The highest BCUT2D eigenvalue weighted by Gasteiger charge is 2.47. The van der Waals surface area contributed by atoms with Crippen molar-refractivity contribution in [1.82, 2.24) is 10.0 Å². The van der Waals surface area contributed by atoms with Crippen LogP contribution in [0.2, 0.25) is 0 Å². The molecule has 2 aliphatic rings. The van der Waals surface area contributed by atoms with Crippen molar-refractivity contribution < 1.29 is 9.53 Å². The molecule has 1 aromatic carbocycles. The number of carbonyl (C=O) groups excluding carboxylic acids is 1. The lowest BCUT2D eigenvalue weighted by atomic mass is 10.1. The van der Waals surface area contributed by atoms with Crippen molar-refractivity contribution in [2.45, 2.75) is 31.8 Å². The molecule has 3 atom stereocenters. The average molecular weight is 246 g/mol. The molecule has 2 aliphatic heterocycles. The number of rotatable bonds is 4. The van der Waals surface area contributed by atoms with Gasteiger partial charge >= 0.3 is 6.09 Å². The third-order valence-corrected chi connectivity index (χ3v) is 3.68. The highest BCUT2D eigenvalue weighted by atomic mass is 16.6. The standard InChI is InChI=1S/C14H18N2O2/c1-2-12-9-15(12)16-13(10-18-14(16)17)8-11-6-4-3-5-7-11/h3-7,12-13H,2,8-10H2,1H3/t12-,13+,15?/m1/s1. The molecule has 2 heterocycles. The Kier molecular flexibility index (Phi) is 2.96. The van der Waals surface area contributed by atoms with Gasteiger partial charge < -0.3 is 4.74 Å².